The molecule has 1 N–H and O–H groups in total. The highest BCUT2D eigenvalue weighted by atomic mass is 35.5. The van der Waals surface area contributed by atoms with E-state index in [0.717, 1.165) is 18.4 Å². The van der Waals surface area contributed by atoms with Gasteiger partial charge in [-0.05, 0) is 18.4 Å². The lowest BCUT2D eigenvalue weighted by molar-refractivity contribution is 0.167. The summed E-state index contributed by atoms with van der Waals surface area (Å²) in [5.74, 6) is 0.615. The maximum Gasteiger partial charge on any atom is 0.0790 e. The SMILES string of the molecule is O[C@@H](CCCCl)c1ccccc1. The van der Waals surface area contributed by atoms with E-state index >= 15 is 0 Å². The number of rotatable bonds is 4. The lowest BCUT2D eigenvalue weighted by Gasteiger charge is -2.08. The van der Waals surface area contributed by atoms with Crippen molar-refractivity contribution in [1.29, 1.82) is 0 Å². The summed E-state index contributed by atoms with van der Waals surface area (Å²) in [7, 11) is 0. The fraction of sp³-hybridized carbons (Fsp3) is 0.400. The van der Waals surface area contributed by atoms with Crippen molar-refractivity contribution in [3.63, 3.8) is 0 Å². The van der Waals surface area contributed by atoms with Gasteiger partial charge in [-0.1, -0.05) is 30.3 Å². The monoisotopic (exact) mass is 184 g/mol. The molecule has 0 radical (unpaired) electrons. The second kappa shape index (κ2) is 5.18. The van der Waals surface area contributed by atoms with E-state index in [9.17, 15) is 5.11 Å². The second-order valence-corrected chi connectivity index (χ2v) is 3.14. The summed E-state index contributed by atoms with van der Waals surface area (Å²) in [6, 6.07) is 9.66. The van der Waals surface area contributed by atoms with E-state index in [-0.39, 0.29) is 6.10 Å². The van der Waals surface area contributed by atoms with Crippen LogP contribution in [-0.4, -0.2) is 11.0 Å². The lowest BCUT2D eigenvalue weighted by Crippen LogP contribution is -1.96. The van der Waals surface area contributed by atoms with E-state index < -0.39 is 0 Å². The highest BCUT2D eigenvalue weighted by molar-refractivity contribution is 6.17. The van der Waals surface area contributed by atoms with E-state index in [1.807, 2.05) is 30.3 Å². The van der Waals surface area contributed by atoms with Crippen molar-refractivity contribution in [2.75, 3.05) is 5.88 Å². The number of benzene rings is 1. The van der Waals surface area contributed by atoms with Gasteiger partial charge in [0.15, 0.2) is 0 Å². The zero-order valence-corrected chi connectivity index (χ0v) is 7.67. The number of aliphatic hydroxyl groups excluding tert-OH is 1. The van der Waals surface area contributed by atoms with Gasteiger partial charge >= 0.3 is 0 Å². The highest BCUT2D eigenvalue weighted by Gasteiger charge is 2.04. The molecule has 0 bridgehead atoms. The predicted octanol–water partition coefficient (Wildman–Crippen LogP) is 2.74. The summed E-state index contributed by atoms with van der Waals surface area (Å²) in [6.45, 7) is 0. The molecule has 1 nitrogen and oxygen atoms in total. The van der Waals surface area contributed by atoms with Gasteiger partial charge in [-0.2, -0.15) is 0 Å². The van der Waals surface area contributed by atoms with Gasteiger partial charge in [-0.15, -0.1) is 11.6 Å². The van der Waals surface area contributed by atoms with Crippen LogP contribution < -0.4 is 0 Å². The molecule has 0 aliphatic heterocycles. The molecule has 12 heavy (non-hydrogen) atoms. The molecule has 0 aromatic heterocycles. The zero-order valence-electron chi connectivity index (χ0n) is 6.91. The molecule has 0 amide bonds. The minimum Gasteiger partial charge on any atom is -0.388 e. The number of aliphatic hydroxyl groups is 1. The van der Waals surface area contributed by atoms with Crippen LogP contribution >= 0.6 is 11.6 Å². The molecule has 1 atom stereocenters. The number of hydrogen-bond donors (Lipinski definition) is 1. The van der Waals surface area contributed by atoms with Crippen LogP contribution in [0.1, 0.15) is 24.5 Å². The first-order valence-electron chi connectivity index (χ1n) is 4.13. The van der Waals surface area contributed by atoms with Crippen LogP contribution in [0.15, 0.2) is 30.3 Å². The number of alkyl halides is 1. The van der Waals surface area contributed by atoms with Crippen molar-refractivity contribution < 1.29 is 5.11 Å². The standard InChI is InChI=1S/C10H13ClO/c11-8-4-7-10(12)9-5-2-1-3-6-9/h1-3,5-6,10,12H,4,7-8H2/t10-/m0/s1. The van der Waals surface area contributed by atoms with Gasteiger partial charge in [-0.3, -0.25) is 0 Å². The zero-order chi connectivity index (χ0) is 8.81. The van der Waals surface area contributed by atoms with Gasteiger partial charge in [0.25, 0.3) is 0 Å². The highest BCUT2D eigenvalue weighted by Crippen LogP contribution is 2.17. The smallest absolute Gasteiger partial charge is 0.0790 e. The van der Waals surface area contributed by atoms with E-state index in [0.29, 0.717) is 5.88 Å². The van der Waals surface area contributed by atoms with Crippen LogP contribution in [0.5, 0.6) is 0 Å². The van der Waals surface area contributed by atoms with Crippen molar-refractivity contribution in [2.24, 2.45) is 0 Å². The van der Waals surface area contributed by atoms with E-state index in [1.54, 1.807) is 0 Å². The molecular weight excluding hydrogens is 172 g/mol. The summed E-state index contributed by atoms with van der Waals surface area (Å²) in [5, 5.41) is 9.59. The average molecular weight is 185 g/mol. The van der Waals surface area contributed by atoms with Crippen LogP contribution in [0.4, 0.5) is 0 Å². The van der Waals surface area contributed by atoms with Gasteiger partial charge in [0.2, 0.25) is 0 Å². The first-order chi connectivity index (χ1) is 5.84. The normalized spacial score (nSPS) is 12.8. The van der Waals surface area contributed by atoms with Crippen LogP contribution in [0, 0.1) is 0 Å². The van der Waals surface area contributed by atoms with Crippen molar-refractivity contribution in [2.45, 2.75) is 18.9 Å². The Morgan fingerprint density at radius 3 is 2.50 bits per heavy atom. The van der Waals surface area contributed by atoms with Crippen LogP contribution in [0.2, 0.25) is 0 Å². The third-order valence-corrected chi connectivity index (χ3v) is 2.06. The summed E-state index contributed by atoms with van der Waals surface area (Å²) in [6.07, 6.45) is 1.25. The Morgan fingerprint density at radius 1 is 1.25 bits per heavy atom. The van der Waals surface area contributed by atoms with Crippen LogP contribution in [0.25, 0.3) is 0 Å². The predicted molar refractivity (Wildman–Crippen MR) is 51.4 cm³/mol. The fourth-order valence-electron chi connectivity index (χ4n) is 1.11. The van der Waals surface area contributed by atoms with Gasteiger partial charge in [-0.25, -0.2) is 0 Å². The molecule has 0 aliphatic rings. The van der Waals surface area contributed by atoms with Crippen molar-refractivity contribution >= 4 is 11.6 Å². The molecule has 0 heterocycles. The minimum absolute atomic E-state index is 0.357. The molecule has 0 spiro atoms. The van der Waals surface area contributed by atoms with Crippen LogP contribution in [0.3, 0.4) is 0 Å². The Morgan fingerprint density at radius 2 is 1.92 bits per heavy atom. The summed E-state index contributed by atoms with van der Waals surface area (Å²) in [4.78, 5) is 0. The molecule has 1 aromatic carbocycles. The lowest BCUT2D eigenvalue weighted by atomic mass is 10.1. The Bertz CT molecular complexity index is 210. The third kappa shape index (κ3) is 2.84. The van der Waals surface area contributed by atoms with Gasteiger partial charge in [0.05, 0.1) is 6.10 Å². The van der Waals surface area contributed by atoms with E-state index in [1.165, 1.54) is 0 Å². The molecular formula is C10H13ClO. The number of hydrogen-bond acceptors (Lipinski definition) is 1. The molecule has 66 valence electrons. The topological polar surface area (TPSA) is 20.2 Å². The van der Waals surface area contributed by atoms with E-state index in [4.69, 9.17) is 11.6 Å². The quantitative estimate of drug-likeness (QED) is 0.714. The molecule has 0 aliphatic carbocycles. The molecule has 0 fully saturated rings. The maximum atomic E-state index is 9.59. The summed E-state index contributed by atoms with van der Waals surface area (Å²) >= 11 is 5.52. The fourth-order valence-corrected chi connectivity index (χ4v) is 1.27. The Kier molecular flexibility index (Phi) is 4.12. The Hall–Kier alpha value is -0.530. The van der Waals surface area contributed by atoms with Crippen molar-refractivity contribution in [1.82, 2.24) is 0 Å². The third-order valence-electron chi connectivity index (χ3n) is 1.80. The molecule has 0 unspecified atom stereocenters. The first kappa shape index (κ1) is 9.56. The number of halogens is 1. The molecule has 0 saturated heterocycles. The maximum absolute atomic E-state index is 9.59. The Balaban J connectivity index is 2.48. The van der Waals surface area contributed by atoms with Gasteiger partial charge < -0.3 is 5.11 Å². The molecule has 2 heteroatoms. The van der Waals surface area contributed by atoms with Crippen LogP contribution in [-0.2, 0) is 0 Å². The summed E-state index contributed by atoms with van der Waals surface area (Å²) < 4.78 is 0. The first-order valence-corrected chi connectivity index (χ1v) is 4.67. The second-order valence-electron chi connectivity index (χ2n) is 2.76. The Labute approximate surface area is 78.0 Å². The minimum atomic E-state index is -0.357. The molecule has 0 saturated carbocycles. The van der Waals surface area contributed by atoms with Gasteiger partial charge in [0.1, 0.15) is 0 Å². The molecule has 1 rings (SSSR count). The van der Waals surface area contributed by atoms with E-state index in [2.05, 4.69) is 0 Å². The largest absolute Gasteiger partial charge is 0.388 e. The molecule has 1 aromatic rings. The average Bonchev–Trinajstić information content (AvgIpc) is 2.15. The van der Waals surface area contributed by atoms with Gasteiger partial charge in [0, 0.05) is 5.88 Å². The van der Waals surface area contributed by atoms with Crippen molar-refractivity contribution in [3.05, 3.63) is 35.9 Å². The van der Waals surface area contributed by atoms with Crippen molar-refractivity contribution in [3.8, 4) is 0 Å². The summed E-state index contributed by atoms with van der Waals surface area (Å²) in [5.41, 5.74) is 0.975.